The maximum absolute atomic E-state index is 13.0. The van der Waals surface area contributed by atoms with E-state index in [0.29, 0.717) is 11.1 Å². The summed E-state index contributed by atoms with van der Waals surface area (Å²) < 4.78 is 0. The number of benzene rings is 2. The van der Waals surface area contributed by atoms with Crippen LogP contribution in [0.2, 0.25) is 0 Å². The van der Waals surface area contributed by atoms with Crippen molar-refractivity contribution in [1.29, 1.82) is 0 Å². The number of likely N-dealkylation sites (tertiary alicyclic amines) is 1. The number of carbonyl (C=O) groups excluding carboxylic acids is 2. The fourth-order valence-electron chi connectivity index (χ4n) is 5.36. The lowest BCUT2D eigenvalue weighted by Crippen LogP contribution is -2.55. The van der Waals surface area contributed by atoms with Gasteiger partial charge in [-0.2, -0.15) is 0 Å². The molecular formula is C26H32N4O2. The Morgan fingerprint density at radius 2 is 1.78 bits per heavy atom. The molecule has 2 saturated heterocycles. The lowest BCUT2D eigenvalue weighted by Gasteiger charge is -2.46. The highest BCUT2D eigenvalue weighted by Crippen LogP contribution is 2.34. The molecule has 168 valence electrons. The molecule has 6 nitrogen and oxygen atoms in total. The second-order valence-electron chi connectivity index (χ2n) is 9.33. The van der Waals surface area contributed by atoms with E-state index in [1.54, 1.807) is 6.07 Å². The highest BCUT2D eigenvalue weighted by molar-refractivity contribution is 6.04. The standard InChI is InChI=1S/C26H32N4O2/c1-28-23-17-20(10-11-22(23)26(32)30-14-6-5-9-24(28)30)25(31)27-21-12-15-29(16-13-21)18-19-7-3-2-4-8-19/h2-4,7-8,10-11,17,21,24H,5-6,9,12-16,18H2,1H3,(H,27,31). The second kappa shape index (κ2) is 8.94. The monoisotopic (exact) mass is 432 g/mol. The van der Waals surface area contributed by atoms with Crippen molar-refractivity contribution < 1.29 is 9.59 Å². The van der Waals surface area contributed by atoms with E-state index >= 15 is 0 Å². The Balaban J connectivity index is 1.21. The molecule has 1 unspecified atom stereocenters. The third-order valence-electron chi connectivity index (χ3n) is 7.22. The number of piperidine rings is 2. The lowest BCUT2D eigenvalue weighted by atomic mass is 9.97. The highest BCUT2D eigenvalue weighted by Gasteiger charge is 2.37. The lowest BCUT2D eigenvalue weighted by molar-refractivity contribution is 0.0589. The Bertz CT molecular complexity index is 985. The zero-order valence-electron chi connectivity index (χ0n) is 18.8. The van der Waals surface area contributed by atoms with Gasteiger partial charge in [0.25, 0.3) is 11.8 Å². The topological polar surface area (TPSA) is 55.9 Å². The molecule has 5 rings (SSSR count). The molecule has 0 bridgehead atoms. The fraction of sp³-hybridized carbons (Fsp3) is 0.462. The molecule has 1 atom stereocenters. The maximum atomic E-state index is 13.0. The van der Waals surface area contributed by atoms with Gasteiger partial charge in [-0.3, -0.25) is 14.5 Å². The molecule has 0 aromatic heterocycles. The molecule has 32 heavy (non-hydrogen) atoms. The van der Waals surface area contributed by atoms with Gasteiger partial charge in [0.1, 0.15) is 6.17 Å². The first kappa shape index (κ1) is 21.0. The summed E-state index contributed by atoms with van der Waals surface area (Å²) in [6.07, 6.45) is 5.21. The summed E-state index contributed by atoms with van der Waals surface area (Å²) in [5, 5.41) is 3.23. The number of nitrogens with one attached hydrogen (secondary N) is 1. The summed E-state index contributed by atoms with van der Waals surface area (Å²) in [5.41, 5.74) is 3.55. The van der Waals surface area contributed by atoms with Crippen LogP contribution in [0.4, 0.5) is 5.69 Å². The van der Waals surface area contributed by atoms with Gasteiger partial charge >= 0.3 is 0 Å². The average Bonchev–Trinajstić information content (AvgIpc) is 2.84. The molecule has 1 N–H and O–H groups in total. The molecule has 3 heterocycles. The Labute approximate surface area is 190 Å². The summed E-state index contributed by atoms with van der Waals surface area (Å²) in [7, 11) is 2.04. The molecule has 6 heteroatoms. The van der Waals surface area contributed by atoms with Gasteiger partial charge in [-0.15, -0.1) is 0 Å². The summed E-state index contributed by atoms with van der Waals surface area (Å²) in [4.78, 5) is 32.6. The van der Waals surface area contributed by atoms with Crippen LogP contribution in [0.15, 0.2) is 48.5 Å². The molecule has 0 aliphatic carbocycles. The van der Waals surface area contributed by atoms with Gasteiger partial charge < -0.3 is 15.1 Å². The first-order chi connectivity index (χ1) is 15.6. The van der Waals surface area contributed by atoms with Crippen molar-refractivity contribution in [2.45, 2.75) is 50.9 Å². The van der Waals surface area contributed by atoms with Crippen LogP contribution in [0.5, 0.6) is 0 Å². The van der Waals surface area contributed by atoms with Gasteiger partial charge in [0.2, 0.25) is 0 Å². The van der Waals surface area contributed by atoms with Crippen LogP contribution in [0.1, 0.15) is 58.4 Å². The number of fused-ring (bicyclic) bond motifs is 2. The van der Waals surface area contributed by atoms with Crippen molar-refractivity contribution >= 4 is 17.5 Å². The van der Waals surface area contributed by atoms with Gasteiger partial charge in [-0.05, 0) is 55.9 Å². The number of rotatable bonds is 4. The summed E-state index contributed by atoms with van der Waals surface area (Å²) in [6.45, 7) is 3.75. The molecule has 2 amide bonds. The number of carbonyl (C=O) groups is 2. The van der Waals surface area contributed by atoms with Gasteiger partial charge in [0.05, 0.1) is 11.3 Å². The number of anilines is 1. The van der Waals surface area contributed by atoms with Crippen molar-refractivity contribution in [2.75, 3.05) is 31.6 Å². The van der Waals surface area contributed by atoms with Gasteiger partial charge in [-0.1, -0.05) is 30.3 Å². The molecule has 2 fully saturated rings. The first-order valence-corrected chi connectivity index (χ1v) is 11.8. The molecule has 2 aromatic carbocycles. The van der Waals surface area contributed by atoms with Crippen LogP contribution in [0, 0.1) is 0 Å². The van der Waals surface area contributed by atoms with Gasteiger partial charge in [0.15, 0.2) is 0 Å². The molecule has 0 saturated carbocycles. The van der Waals surface area contributed by atoms with Crippen LogP contribution < -0.4 is 10.2 Å². The van der Waals surface area contributed by atoms with E-state index in [-0.39, 0.29) is 24.0 Å². The minimum Gasteiger partial charge on any atom is -0.354 e. The number of amides is 2. The molecule has 2 aromatic rings. The average molecular weight is 433 g/mol. The SMILES string of the molecule is CN1c2cc(C(=O)NC3CCN(Cc4ccccc4)CC3)ccc2C(=O)N2CCCCC21. The zero-order valence-corrected chi connectivity index (χ0v) is 18.8. The summed E-state index contributed by atoms with van der Waals surface area (Å²) in [5.74, 6) is 0.0572. The highest BCUT2D eigenvalue weighted by atomic mass is 16.2. The van der Waals surface area contributed by atoms with Crippen LogP contribution in [0.3, 0.4) is 0 Å². The Morgan fingerprint density at radius 3 is 2.56 bits per heavy atom. The van der Waals surface area contributed by atoms with E-state index < -0.39 is 0 Å². The van der Waals surface area contributed by atoms with E-state index in [1.165, 1.54) is 5.56 Å². The Kier molecular flexibility index (Phi) is 5.87. The van der Waals surface area contributed by atoms with E-state index in [4.69, 9.17) is 0 Å². The van der Waals surface area contributed by atoms with E-state index in [0.717, 1.165) is 64.0 Å². The fourth-order valence-corrected chi connectivity index (χ4v) is 5.36. The first-order valence-electron chi connectivity index (χ1n) is 11.8. The number of hydrogen-bond acceptors (Lipinski definition) is 4. The van der Waals surface area contributed by atoms with Crippen molar-refractivity contribution in [3.8, 4) is 0 Å². The number of hydrogen-bond donors (Lipinski definition) is 1. The smallest absolute Gasteiger partial charge is 0.257 e. The predicted molar refractivity (Wildman–Crippen MR) is 126 cm³/mol. The van der Waals surface area contributed by atoms with Crippen molar-refractivity contribution in [2.24, 2.45) is 0 Å². The third kappa shape index (κ3) is 4.11. The molecule has 0 radical (unpaired) electrons. The molecule has 3 aliphatic heterocycles. The minimum absolute atomic E-state index is 0.0405. The van der Waals surface area contributed by atoms with Gasteiger partial charge in [-0.25, -0.2) is 0 Å². The van der Waals surface area contributed by atoms with Gasteiger partial charge in [0, 0.05) is 44.8 Å². The second-order valence-corrected chi connectivity index (χ2v) is 9.33. The Hall–Kier alpha value is -2.86. The quantitative estimate of drug-likeness (QED) is 0.804. The summed E-state index contributed by atoms with van der Waals surface area (Å²) in [6, 6.07) is 16.3. The predicted octanol–water partition coefficient (Wildman–Crippen LogP) is 3.48. The number of nitrogens with zero attached hydrogens (tertiary/aromatic N) is 3. The largest absolute Gasteiger partial charge is 0.354 e. The minimum atomic E-state index is -0.0405. The van der Waals surface area contributed by atoms with Crippen LogP contribution in [0.25, 0.3) is 0 Å². The van der Waals surface area contributed by atoms with E-state index in [2.05, 4.69) is 39.4 Å². The molecule has 3 aliphatic rings. The normalized spacial score (nSPS) is 21.8. The third-order valence-corrected chi connectivity index (χ3v) is 7.22. The van der Waals surface area contributed by atoms with E-state index in [1.807, 2.05) is 30.1 Å². The van der Waals surface area contributed by atoms with Crippen molar-refractivity contribution in [3.63, 3.8) is 0 Å². The van der Waals surface area contributed by atoms with E-state index in [9.17, 15) is 9.59 Å². The van der Waals surface area contributed by atoms with Crippen LogP contribution in [-0.4, -0.2) is 60.5 Å². The zero-order chi connectivity index (χ0) is 22.1. The summed E-state index contributed by atoms with van der Waals surface area (Å²) >= 11 is 0. The van der Waals surface area contributed by atoms with Crippen molar-refractivity contribution in [3.05, 3.63) is 65.2 Å². The Morgan fingerprint density at radius 1 is 1.00 bits per heavy atom. The van der Waals surface area contributed by atoms with Crippen LogP contribution in [-0.2, 0) is 6.54 Å². The van der Waals surface area contributed by atoms with Crippen molar-refractivity contribution in [1.82, 2.24) is 15.1 Å². The van der Waals surface area contributed by atoms with Crippen LogP contribution >= 0.6 is 0 Å². The maximum Gasteiger partial charge on any atom is 0.257 e. The molecule has 0 spiro atoms. The molecular weight excluding hydrogens is 400 g/mol.